The first kappa shape index (κ1) is 24.0. The van der Waals surface area contributed by atoms with Crippen molar-refractivity contribution in [1.82, 2.24) is 15.0 Å². The van der Waals surface area contributed by atoms with Crippen LogP contribution in [0.2, 0.25) is 0 Å². The second-order valence-electron chi connectivity index (χ2n) is 6.76. The molecular formula is C16H19F8N5O. The van der Waals surface area contributed by atoms with Gasteiger partial charge in [-0.2, -0.15) is 41.3 Å². The summed E-state index contributed by atoms with van der Waals surface area (Å²) in [5.41, 5.74) is -0.0540. The fourth-order valence-electron chi connectivity index (χ4n) is 2.53. The molecule has 30 heavy (non-hydrogen) atoms. The van der Waals surface area contributed by atoms with Crippen LogP contribution in [-0.2, 0) is 0 Å². The van der Waals surface area contributed by atoms with E-state index in [-0.39, 0.29) is 12.0 Å². The lowest BCUT2D eigenvalue weighted by Crippen LogP contribution is -2.37. The Morgan fingerprint density at radius 2 is 1.63 bits per heavy atom. The molecule has 3 atom stereocenters. The average molecular weight is 449 g/mol. The Hall–Kier alpha value is -2.25. The second-order valence-corrected chi connectivity index (χ2v) is 6.76. The molecule has 1 aliphatic carbocycles. The number of hydrogen-bond donors (Lipinski definition) is 3. The Labute approximate surface area is 165 Å². The van der Waals surface area contributed by atoms with Crippen molar-refractivity contribution in [2.45, 2.75) is 69.6 Å². The summed E-state index contributed by atoms with van der Waals surface area (Å²) < 4.78 is 105. The number of halogens is 8. The van der Waals surface area contributed by atoms with Gasteiger partial charge in [-0.25, -0.2) is 8.78 Å². The Bertz CT molecular complexity index is 780. The van der Waals surface area contributed by atoms with Crippen molar-refractivity contribution in [1.29, 1.82) is 0 Å². The van der Waals surface area contributed by atoms with E-state index in [0.717, 1.165) is 13.0 Å². The standard InChI is InChI=1S/C16H19F8N5O/c1-3-9(16(22,23)24)26-13-28-11(8-4-5-14(17,18)10(30)6-8)27-12(29-13)25-7(2)15(19,20)21/h6-7,9-10,30H,3-5H2,1-2H3,(H2,25,26,27,28,29)/t7-,9-,10?/m1/s1. The lowest BCUT2D eigenvalue weighted by Gasteiger charge is -2.26. The van der Waals surface area contributed by atoms with Gasteiger partial charge in [0.2, 0.25) is 11.9 Å². The highest BCUT2D eigenvalue weighted by molar-refractivity contribution is 5.63. The molecule has 1 aromatic rings. The van der Waals surface area contributed by atoms with E-state index in [9.17, 15) is 40.2 Å². The van der Waals surface area contributed by atoms with Crippen LogP contribution in [0.3, 0.4) is 0 Å². The van der Waals surface area contributed by atoms with Gasteiger partial charge in [-0.15, -0.1) is 0 Å². The molecule has 0 spiro atoms. The quantitative estimate of drug-likeness (QED) is 0.566. The predicted molar refractivity (Wildman–Crippen MR) is 90.9 cm³/mol. The molecular weight excluding hydrogens is 430 g/mol. The van der Waals surface area contributed by atoms with E-state index < -0.39 is 67.0 Å². The summed E-state index contributed by atoms with van der Waals surface area (Å²) in [4.78, 5) is 11.0. The summed E-state index contributed by atoms with van der Waals surface area (Å²) in [5, 5.41) is 13.4. The summed E-state index contributed by atoms with van der Waals surface area (Å²) in [6.45, 7) is 1.96. The van der Waals surface area contributed by atoms with Crippen LogP contribution in [0, 0.1) is 0 Å². The minimum atomic E-state index is -4.71. The third-order valence-corrected chi connectivity index (χ3v) is 4.39. The molecule has 0 saturated carbocycles. The van der Waals surface area contributed by atoms with Crippen molar-refractivity contribution in [2.75, 3.05) is 10.6 Å². The largest absolute Gasteiger partial charge is 0.408 e. The molecule has 1 aromatic heterocycles. The van der Waals surface area contributed by atoms with Crippen LogP contribution in [0.1, 0.15) is 38.9 Å². The summed E-state index contributed by atoms with van der Waals surface area (Å²) in [5.74, 6) is -5.23. The van der Waals surface area contributed by atoms with Gasteiger partial charge in [-0.05, 0) is 31.4 Å². The zero-order chi connectivity index (χ0) is 22.9. The molecule has 0 amide bonds. The van der Waals surface area contributed by atoms with Crippen LogP contribution in [0.15, 0.2) is 6.08 Å². The van der Waals surface area contributed by atoms with E-state index in [2.05, 4.69) is 15.0 Å². The number of aliphatic hydroxyl groups excluding tert-OH is 1. The number of alkyl halides is 8. The van der Waals surface area contributed by atoms with Gasteiger partial charge in [-0.1, -0.05) is 6.92 Å². The fourth-order valence-corrected chi connectivity index (χ4v) is 2.53. The van der Waals surface area contributed by atoms with E-state index in [0.29, 0.717) is 0 Å². The zero-order valence-electron chi connectivity index (χ0n) is 15.7. The minimum absolute atomic E-state index is 0.0540. The molecule has 0 saturated heterocycles. The summed E-state index contributed by atoms with van der Waals surface area (Å²) in [6.07, 6.45) is -12.5. The lowest BCUT2D eigenvalue weighted by molar-refractivity contribution is -0.143. The van der Waals surface area contributed by atoms with Crippen LogP contribution in [-0.4, -0.2) is 56.5 Å². The number of aromatic nitrogens is 3. The van der Waals surface area contributed by atoms with Crippen LogP contribution < -0.4 is 10.6 Å². The molecule has 1 aliphatic rings. The summed E-state index contributed by atoms with van der Waals surface area (Å²) >= 11 is 0. The molecule has 0 bridgehead atoms. The van der Waals surface area contributed by atoms with E-state index >= 15 is 0 Å². The van der Waals surface area contributed by atoms with Crippen molar-refractivity contribution in [3.8, 4) is 0 Å². The number of hydrogen-bond acceptors (Lipinski definition) is 6. The van der Waals surface area contributed by atoms with Gasteiger partial charge in [-0.3, -0.25) is 0 Å². The molecule has 0 radical (unpaired) electrons. The van der Waals surface area contributed by atoms with Crippen molar-refractivity contribution in [3.63, 3.8) is 0 Å². The molecule has 2 rings (SSSR count). The van der Waals surface area contributed by atoms with Gasteiger partial charge in [0.15, 0.2) is 5.82 Å². The highest BCUT2D eigenvalue weighted by atomic mass is 19.4. The summed E-state index contributed by atoms with van der Waals surface area (Å²) in [7, 11) is 0. The molecule has 6 nitrogen and oxygen atoms in total. The van der Waals surface area contributed by atoms with Gasteiger partial charge >= 0.3 is 12.4 Å². The monoisotopic (exact) mass is 449 g/mol. The molecule has 3 N–H and O–H groups in total. The van der Waals surface area contributed by atoms with Crippen LogP contribution in [0.25, 0.3) is 5.57 Å². The molecule has 1 heterocycles. The first-order chi connectivity index (χ1) is 13.6. The first-order valence-electron chi connectivity index (χ1n) is 8.83. The normalized spacial score (nSPS) is 21.6. The summed E-state index contributed by atoms with van der Waals surface area (Å²) in [6, 6.07) is -4.25. The highest BCUT2D eigenvalue weighted by Gasteiger charge is 2.42. The molecule has 14 heteroatoms. The highest BCUT2D eigenvalue weighted by Crippen LogP contribution is 2.36. The third kappa shape index (κ3) is 5.89. The SMILES string of the molecule is CC[C@@H](Nc1nc(N[C@H](C)C(F)(F)F)nc(C2=CC(O)C(F)(F)CC2)n1)C(F)(F)F. The van der Waals surface area contributed by atoms with Gasteiger partial charge in [0.25, 0.3) is 5.92 Å². The van der Waals surface area contributed by atoms with Crippen LogP contribution in [0.5, 0.6) is 0 Å². The minimum Gasteiger partial charge on any atom is -0.383 e. The van der Waals surface area contributed by atoms with E-state index in [4.69, 9.17) is 0 Å². The van der Waals surface area contributed by atoms with Gasteiger partial charge in [0.05, 0.1) is 0 Å². The smallest absolute Gasteiger partial charge is 0.383 e. The third-order valence-electron chi connectivity index (χ3n) is 4.39. The van der Waals surface area contributed by atoms with Crippen molar-refractivity contribution in [3.05, 3.63) is 11.9 Å². The zero-order valence-corrected chi connectivity index (χ0v) is 15.7. The topological polar surface area (TPSA) is 83.0 Å². The number of rotatable bonds is 6. The maximum atomic E-state index is 13.5. The number of aliphatic hydroxyl groups is 1. The Kier molecular flexibility index (Phi) is 6.79. The maximum absolute atomic E-state index is 13.5. The Morgan fingerprint density at radius 1 is 1.07 bits per heavy atom. The molecule has 0 aliphatic heterocycles. The number of nitrogens with zero attached hydrogens (tertiary/aromatic N) is 3. The molecule has 1 unspecified atom stereocenters. The number of nitrogens with one attached hydrogen (secondary N) is 2. The number of allylic oxidation sites excluding steroid dienone is 1. The van der Waals surface area contributed by atoms with Gasteiger partial charge < -0.3 is 15.7 Å². The van der Waals surface area contributed by atoms with E-state index in [1.807, 2.05) is 10.6 Å². The maximum Gasteiger partial charge on any atom is 0.408 e. The molecule has 0 fully saturated rings. The van der Waals surface area contributed by atoms with E-state index in [1.165, 1.54) is 6.92 Å². The van der Waals surface area contributed by atoms with Crippen LogP contribution >= 0.6 is 0 Å². The Balaban J connectivity index is 2.44. The Morgan fingerprint density at radius 3 is 2.10 bits per heavy atom. The fraction of sp³-hybridized carbons (Fsp3) is 0.688. The van der Waals surface area contributed by atoms with Gasteiger partial charge in [0, 0.05) is 6.42 Å². The van der Waals surface area contributed by atoms with E-state index in [1.54, 1.807) is 0 Å². The first-order valence-corrected chi connectivity index (χ1v) is 8.83. The van der Waals surface area contributed by atoms with Crippen molar-refractivity contribution >= 4 is 17.5 Å². The van der Waals surface area contributed by atoms with Crippen molar-refractivity contribution < 1.29 is 40.2 Å². The second kappa shape index (κ2) is 8.47. The average Bonchev–Trinajstić information content (AvgIpc) is 2.60. The molecule has 0 aromatic carbocycles. The van der Waals surface area contributed by atoms with Gasteiger partial charge in [0.1, 0.15) is 18.2 Å². The van der Waals surface area contributed by atoms with Crippen molar-refractivity contribution in [2.24, 2.45) is 0 Å². The predicted octanol–water partition coefficient (Wildman–Crippen LogP) is 4.16. The molecule has 170 valence electrons. The van der Waals surface area contributed by atoms with Crippen LogP contribution in [0.4, 0.5) is 47.0 Å². The number of anilines is 2. The lowest BCUT2D eigenvalue weighted by atomic mass is 9.93.